The second kappa shape index (κ2) is 28.0. The molecule has 2 aliphatic heterocycles. The summed E-state index contributed by atoms with van der Waals surface area (Å²) in [6.07, 6.45) is -0.355. The second-order valence-corrected chi connectivity index (χ2v) is 23.5. The fraction of sp³-hybridized carbons (Fsp3) is 0.644. The van der Waals surface area contributed by atoms with Gasteiger partial charge in [0.15, 0.2) is 12.1 Å². The minimum atomic E-state index is -1.97. The van der Waals surface area contributed by atoms with Gasteiger partial charge in [0, 0.05) is 53.5 Å². The van der Waals surface area contributed by atoms with Gasteiger partial charge in [-0.15, -0.1) is 0 Å². The largest absolute Gasteiger partial charge is 0.450 e. The van der Waals surface area contributed by atoms with E-state index in [-0.39, 0.29) is 38.1 Å². The highest BCUT2D eigenvalue weighted by Gasteiger charge is 2.48. The number of nitrogens with zero attached hydrogens (tertiary/aromatic N) is 5. The molecule has 19 heteroatoms. The number of rotatable bonds is 12. The van der Waals surface area contributed by atoms with E-state index in [9.17, 15) is 38.7 Å². The predicted octanol–water partition coefficient (Wildman–Crippen LogP) is 3.98. The van der Waals surface area contributed by atoms with Gasteiger partial charge in [0.2, 0.25) is 41.4 Å². The molecule has 0 spiro atoms. The van der Waals surface area contributed by atoms with Gasteiger partial charge < -0.3 is 50.3 Å². The number of fused-ring (bicyclic) bond motifs is 1. The summed E-state index contributed by atoms with van der Waals surface area (Å²) >= 11 is 0. The van der Waals surface area contributed by atoms with Crippen molar-refractivity contribution in [1.82, 2.24) is 40.4 Å². The lowest BCUT2D eigenvalue weighted by Crippen LogP contribution is -2.63. The van der Waals surface area contributed by atoms with E-state index in [4.69, 9.17) is 4.74 Å². The molecular formula is C59H90N8O11. The van der Waals surface area contributed by atoms with Crippen LogP contribution in [0, 0.1) is 29.6 Å². The second-order valence-electron chi connectivity index (χ2n) is 23.5. The smallest absolute Gasteiger partial charge is 0.332 e. The molecule has 2 aromatic carbocycles. The first-order valence-electron chi connectivity index (χ1n) is 27.7. The molecule has 0 bridgehead atoms. The van der Waals surface area contributed by atoms with Gasteiger partial charge >= 0.3 is 5.97 Å². The minimum Gasteiger partial charge on any atom is -0.450 e. The van der Waals surface area contributed by atoms with Crippen LogP contribution in [0.25, 0.3) is 0 Å². The van der Waals surface area contributed by atoms with Crippen molar-refractivity contribution in [2.24, 2.45) is 29.6 Å². The van der Waals surface area contributed by atoms with Gasteiger partial charge in [0.05, 0.1) is 5.60 Å². The zero-order chi connectivity index (χ0) is 58.7. The number of carbonyl (C=O) groups excluding carboxylic acids is 9. The Morgan fingerprint density at radius 3 is 1.55 bits per heavy atom. The van der Waals surface area contributed by atoms with Crippen molar-refractivity contribution in [1.29, 1.82) is 0 Å². The summed E-state index contributed by atoms with van der Waals surface area (Å²) in [6, 6.07) is 8.07. The predicted molar refractivity (Wildman–Crippen MR) is 297 cm³/mol. The Morgan fingerprint density at radius 1 is 0.590 bits per heavy atom. The Hall–Kier alpha value is -6.37. The molecule has 2 fully saturated rings. The number of likely N-dealkylation sites (N-methyl/N-ethyl adjacent to an activating group) is 4. The highest BCUT2D eigenvalue weighted by molar-refractivity contribution is 5.99. The van der Waals surface area contributed by atoms with Crippen LogP contribution in [-0.4, -0.2) is 178 Å². The number of hydrogen-bond donors (Lipinski definition) is 4. The van der Waals surface area contributed by atoms with Crippen LogP contribution < -0.4 is 16.0 Å². The van der Waals surface area contributed by atoms with Crippen molar-refractivity contribution in [3.8, 4) is 0 Å². The molecule has 8 amide bonds. The number of aliphatic hydroxyl groups is 1. The maximum Gasteiger partial charge on any atom is 0.332 e. The molecule has 2 aliphatic rings. The van der Waals surface area contributed by atoms with E-state index in [1.165, 1.54) is 61.6 Å². The lowest BCUT2D eigenvalue weighted by atomic mass is 9.94. The van der Waals surface area contributed by atoms with Gasteiger partial charge in [-0.05, 0) is 74.3 Å². The number of ether oxygens (including phenoxy) is 1. The Morgan fingerprint density at radius 2 is 1.08 bits per heavy atom. The monoisotopic (exact) mass is 1090 g/mol. The Kier molecular flexibility index (Phi) is 23.0. The molecule has 0 aromatic heterocycles. The van der Waals surface area contributed by atoms with Crippen LogP contribution in [0.15, 0.2) is 60.7 Å². The fourth-order valence-electron chi connectivity index (χ4n) is 10.8. The van der Waals surface area contributed by atoms with Crippen molar-refractivity contribution in [2.45, 2.75) is 182 Å². The molecule has 10 atom stereocenters. The van der Waals surface area contributed by atoms with Crippen molar-refractivity contribution in [3.63, 3.8) is 0 Å². The Labute approximate surface area is 462 Å². The maximum atomic E-state index is 15.2. The third kappa shape index (κ3) is 15.9. The molecule has 4 rings (SSSR count). The Balaban J connectivity index is 1.96. The van der Waals surface area contributed by atoms with Crippen molar-refractivity contribution >= 4 is 53.2 Å². The van der Waals surface area contributed by atoms with Gasteiger partial charge in [-0.1, -0.05) is 130 Å². The van der Waals surface area contributed by atoms with Crippen LogP contribution in [-0.2, 0) is 60.7 Å². The molecule has 2 heterocycles. The number of hydrogen-bond acceptors (Lipinski definition) is 11. The lowest BCUT2D eigenvalue weighted by Gasteiger charge is -2.39. The molecule has 4 N–H and O–H groups in total. The minimum absolute atomic E-state index is 0.00717. The third-order valence-corrected chi connectivity index (χ3v) is 15.3. The number of benzene rings is 2. The number of amides is 8. The van der Waals surface area contributed by atoms with E-state index >= 15 is 9.59 Å². The highest BCUT2D eigenvalue weighted by Crippen LogP contribution is 2.27. The molecule has 2 saturated heterocycles. The van der Waals surface area contributed by atoms with Crippen LogP contribution in [0.3, 0.4) is 0 Å². The number of cyclic esters (lactones) is 1. The lowest BCUT2D eigenvalue weighted by molar-refractivity contribution is -0.177. The summed E-state index contributed by atoms with van der Waals surface area (Å²) in [5, 5.41) is 20.4. The molecule has 0 unspecified atom stereocenters. The highest BCUT2D eigenvalue weighted by atomic mass is 16.6. The molecule has 19 nitrogen and oxygen atoms in total. The van der Waals surface area contributed by atoms with Crippen molar-refractivity contribution in [2.75, 3.05) is 34.7 Å². The number of carbonyl (C=O) groups is 9. The van der Waals surface area contributed by atoms with E-state index in [2.05, 4.69) is 16.0 Å². The van der Waals surface area contributed by atoms with Crippen molar-refractivity contribution < 1.29 is 53.0 Å². The summed E-state index contributed by atoms with van der Waals surface area (Å²) in [6.45, 7) is 20.4. The quantitative estimate of drug-likeness (QED) is 0.222. The van der Waals surface area contributed by atoms with Crippen LogP contribution >= 0.6 is 0 Å². The van der Waals surface area contributed by atoms with Crippen LogP contribution in [0.5, 0.6) is 0 Å². The van der Waals surface area contributed by atoms with E-state index in [0.29, 0.717) is 18.4 Å². The molecule has 2 aromatic rings. The molecular weight excluding hydrogens is 997 g/mol. The Bertz CT molecular complexity index is 2410. The molecule has 0 saturated carbocycles. The van der Waals surface area contributed by atoms with E-state index in [1.54, 1.807) is 79.7 Å². The molecule has 0 radical (unpaired) electrons. The number of esters is 1. The zero-order valence-corrected chi connectivity index (χ0v) is 49.1. The van der Waals surface area contributed by atoms with E-state index in [1.807, 2.05) is 50.2 Å². The molecule has 78 heavy (non-hydrogen) atoms. The van der Waals surface area contributed by atoms with Gasteiger partial charge in [0.25, 0.3) is 5.91 Å². The maximum absolute atomic E-state index is 15.2. The SMILES string of the molecule is CC[C@H](C)[C@H]1OC(=O)[C@H](C(C)(C)O)N(C)C(=O)[C@H](CC(C)C)NC(=O)[C@H](C(C)C)N(C)C(=O)[C@H](C(C)C)NC(=O)[C@@H]2CCCN2C(=O)[C@H](Cc2ccccc2)N(C)C(=O)[C@H](Cc2ccccc2)NC(=O)[C@H](C(C)C)N(C)C1=O. The van der Waals surface area contributed by atoms with Crippen LogP contribution in [0.2, 0.25) is 0 Å². The fourth-order valence-corrected chi connectivity index (χ4v) is 10.8. The summed E-state index contributed by atoms with van der Waals surface area (Å²) in [7, 11) is 5.65. The average molecular weight is 1090 g/mol. The van der Waals surface area contributed by atoms with Gasteiger partial charge in [-0.2, -0.15) is 0 Å². The number of nitrogens with one attached hydrogen (secondary N) is 3. The van der Waals surface area contributed by atoms with Gasteiger partial charge in [-0.25, -0.2) is 4.79 Å². The van der Waals surface area contributed by atoms with E-state index < -0.39 is 137 Å². The first-order valence-corrected chi connectivity index (χ1v) is 27.7. The normalized spacial score (nSPS) is 26.3. The first-order chi connectivity index (χ1) is 36.4. The summed E-state index contributed by atoms with van der Waals surface area (Å²) in [5.41, 5.74) is -0.553. The van der Waals surface area contributed by atoms with Crippen molar-refractivity contribution in [3.05, 3.63) is 71.8 Å². The van der Waals surface area contributed by atoms with Gasteiger partial charge in [-0.3, -0.25) is 38.4 Å². The topological polar surface area (TPSA) is 235 Å². The summed E-state index contributed by atoms with van der Waals surface area (Å²) in [4.78, 5) is 140. The van der Waals surface area contributed by atoms with E-state index in [0.717, 1.165) is 10.5 Å². The van der Waals surface area contributed by atoms with Crippen LogP contribution in [0.4, 0.5) is 0 Å². The third-order valence-electron chi connectivity index (χ3n) is 15.3. The van der Waals surface area contributed by atoms with Crippen LogP contribution in [0.1, 0.15) is 120 Å². The zero-order valence-electron chi connectivity index (χ0n) is 49.1. The van der Waals surface area contributed by atoms with Gasteiger partial charge in [0.1, 0.15) is 42.3 Å². The first kappa shape index (κ1) is 64.2. The molecule has 432 valence electrons. The standard InChI is InChI=1S/C59H90N8O11/c1-17-38(10)48-57(75)65(15)47(37(8)9)52(70)61-42(32-39-25-20-18-21-26-39)53(71)63(13)44(33-40-27-22-19-23-28-40)55(73)67-30-24-29-43(67)50(68)62-45(35(4)5)56(74)64(14)46(36(6)7)51(69)60-41(31-34(2)3)54(72)66(16)49(58(76)78-48)59(11,12)77/h18-23,25-28,34-38,41-49,77H,17,24,29-33H2,1-16H3,(H,60,69)(H,61,70)(H,62,68)/t38-,41-,42-,43-,44-,45-,46-,47-,48+,49+/m0/s1. The average Bonchev–Trinajstić information content (AvgIpc) is 3.87. The molecule has 0 aliphatic carbocycles. The summed E-state index contributed by atoms with van der Waals surface area (Å²) < 4.78 is 6.08. The summed E-state index contributed by atoms with van der Waals surface area (Å²) in [5.74, 6) is -8.74.